The molecule has 0 radical (unpaired) electrons. The maximum absolute atomic E-state index is 13.0. The molecular weight excluding hydrogens is 327 g/mol. The van der Waals surface area contributed by atoms with Gasteiger partial charge in [0.05, 0.1) is 0 Å². The molecule has 0 spiro atoms. The summed E-state index contributed by atoms with van der Waals surface area (Å²) in [6, 6.07) is 16.6. The fourth-order valence-electron chi connectivity index (χ4n) is 3.38. The van der Waals surface area contributed by atoms with E-state index < -0.39 is 0 Å². The first-order valence-corrected chi connectivity index (χ1v) is 9.21. The normalized spacial score (nSPS) is 15.4. The van der Waals surface area contributed by atoms with Crippen LogP contribution in [0, 0.1) is 11.7 Å². The lowest BCUT2D eigenvalue weighted by Gasteiger charge is -2.31. The van der Waals surface area contributed by atoms with Crippen molar-refractivity contribution in [3.8, 4) is 5.75 Å². The zero-order valence-corrected chi connectivity index (χ0v) is 15.0. The maximum atomic E-state index is 13.0. The number of benzene rings is 2. The summed E-state index contributed by atoms with van der Waals surface area (Å²) >= 11 is 0. The predicted octanol–water partition coefficient (Wildman–Crippen LogP) is 5.19. The van der Waals surface area contributed by atoms with E-state index in [1.807, 2.05) is 12.1 Å². The van der Waals surface area contributed by atoms with E-state index in [2.05, 4.69) is 30.0 Å². The van der Waals surface area contributed by atoms with E-state index in [0.717, 1.165) is 47.0 Å². The highest BCUT2D eigenvalue weighted by Crippen LogP contribution is 2.29. The van der Waals surface area contributed by atoms with E-state index in [0.29, 0.717) is 6.61 Å². The van der Waals surface area contributed by atoms with Gasteiger partial charge >= 0.3 is 0 Å². The van der Waals surface area contributed by atoms with Crippen LogP contribution in [0.2, 0.25) is 0 Å². The van der Waals surface area contributed by atoms with Crippen molar-refractivity contribution in [2.75, 3.05) is 18.0 Å². The number of ether oxygens (including phenoxy) is 1. The second-order valence-corrected chi connectivity index (χ2v) is 7.08. The number of rotatable bonds is 4. The van der Waals surface area contributed by atoms with E-state index in [-0.39, 0.29) is 5.82 Å². The average Bonchev–Trinajstić information content (AvgIpc) is 2.68. The molecule has 1 aromatic heterocycles. The Labute approximate surface area is 153 Å². The molecule has 1 saturated heterocycles. The van der Waals surface area contributed by atoms with Gasteiger partial charge in [-0.1, -0.05) is 31.2 Å². The van der Waals surface area contributed by atoms with Gasteiger partial charge in [0.2, 0.25) is 0 Å². The van der Waals surface area contributed by atoms with E-state index in [9.17, 15) is 4.39 Å². The minimum atomic E-state index is -0.235. The number of halogens is 1. The Balaban J connectivity index is 1.58. The van der Waals surface area contributed by atoms with Gasteiger partial charge in [-0.3, -0.25) is 0 Å². The molecule has 3 nitrogen and oxygen atoms in total. The number of piperidine rings is 1. The van der Waals surface area contributed by atoms with Crippen LogP contribution in [0.25, 0.3) is 10.9 Å². The Morgan fingerprint density at radius 1 is 1.04 bits per heavy atom. The van der Waals surface area contributed by atoms with Crippen LogP contribution >= 0.6 is 0 Å². The summed E-state index contributed by atoms with van der Waals surface area (Å²) in [4.78, 5) is 7.25. The first kappa shape index (κ1) is 16.8. The lowest BCUT2D eigenvalue weighted by molar-refractivity contribution is 0.309. The molecule has 2 aromatic carbocycles. The molecule has 0 amide bonds. The summed E-state index contributed by atoms with van der Waals surface area (Å²) in [5.74, 6) is 2.34. The Hall–Kier alpha value is -2.62. The number of hydrogen-bond donors (Lipinski definition) is 0. The molecule has 26 heavy (non-hydrogen) atoms. The monoisotopic (exact) mass is 350 g/mol. The van der Waals surface area contributed by atoms with E-state index in [1.165, 1.54) is 25.0 Å². The van der Waals surface area contributed by atoms with Crippen molar-refractivity contribution in [2.24, 2.45) is 5.92 Å². The molecule has 0 aliphatic carbocycles. The highest BCUT2D eigenvalue weighted by Gasteiger charge is 2.17. The van der Waals surface area contributed by atoms with Crippen molar-refractivity contribution in [3.63, 3.8) is 0 Å². The van der Waals surface area contributed by atoms with Crippen LogP contribution in [0.5, 0.6) is 5.75 Å². The van der Waals surface area contributed by atoms with E-state index in [1.54, 1.807) is 12.1 Å². The largest absolute Gasteiger partial charge is 0.487 e. The van der Waals surface area contributed by atoms with Gasteiger partial charge < -0.3 is 9.64 Å². The smallest absolute Gasteiger partial charge is 0.146 e. The summed E-state index contributed by atoms with van der Waals surface area (Å²) < 4.78 is 19.0. The lowest BCUT2D eigenvalue weighted by atomic mass is 9.99. The molecule has 0 unspecified atom stereocenters. The fourth-order valence-corrected chi connectivity index (χ4v) is 3.38. The van der Waals surface area contributed by atoms with Crippen molar-refractivity contribution in [1.82, 2.24) is 4.98 Å². The summed E-state index contributed by atoms with van der Waals surface area (Å²) in [5, 5.41) is 1.07. The summed E-state index contributed by atoms with van der Waals surface area (Å²) in [6.07, 6.45) is 2.42. The number of anilines is 1. The molecule has 0 bridgehead atoms. The van der Waals surface area contributed by atoms with Crippen molar-refractivity contribution >= 4 is 16.7 Å². The average molecular weight is 350 g/mol. The Kier molecular flexibility index (Phi) is 4.74. The van der Waals surface area contributed by atoms with Crippen LogP contribution in [-0.2, 0) is 6.61 Å². The standard InChI is InChI=1S/C22H23FN2O/c1-16-11-13-25(14-12-16)21-10-7-18-3-2-4-20(22(18)24-21)26-15-17-5-8-19(23)9-6-17/h2-10,16H,11-15H2,1H3. The molecule has 0 N–H and O–H groups in total. The zero-order chi connectivity index (χ0) is 17.9. The Morgan fingerprint density at radius 2 is 1.81 bits per heavy atom. The zero-order valence-electron chi connectivity index (χ0n) is 15.0. The molecule has 0 saturated carbocycles. The van der Waals surface area contributed by atoms with Crippen molar-refractivity contribution in [2.45, 2.75) is 26.4 Å². The third-order valence-corrected chi connectivity index (χ3v) is 5.08. The van der Waals surface area contributed by atoms with E-state index in [4.69, 9.17) is 9.72 Å². The highest BCUT2D eigenvalue weighted by molar-refractivity contribution is 5.86. The number of pyridine rings is 1. The Bertz CT molecular complexity index is 886. The van der Waals surface area contributed by atoms with Gasteiger partial charge in [0, 0.05) is 18.5 Å². The number of aromatic nitrogens is 1. The van der Waals surface area contributed by atoms with Crippen molar-refractivity contribution < 1.29 is 9.13 Å². The number of hydrogen-bond acceptors (Lipinski definition) is 3. The third kappa shape index (κ3) is 3.64. The van der Waals surface area contributed by atoms with Crippen LogP contribution < -0.4 is 9.64 Å². The van der Waals surface area contributed by atoms with Crippen LogP contribution in [0.1, 0.15) is 25.3 Å². The van der Waals surface area contributed by atoms with Crippen LogP contribution in [0.3, 0.4) is 0 Å². The second-order valence-electron chi connectivity index (χ2n) is 7.08. The first-order valence-electron chi connectivity index (χ1n) is 9.21. The molecule has 0 atom stereocenters. The lowest BCUT2D eigenvalue weighted by Crippen LogP contribution is -2.33. The van der Waals surface area contributed by atoms with Gasteiger partial charge in [0.25, 0.3) is 0 Å². The SMILES string of the molecule is CC1CCN(c2ccc3cccc(OCc4ccc(F)cc4)c3n2)CC1. The fraction of sp³-hybridized carbons (Fsp3) is 0.318. The third-order valence-electron chi connectivity index (χ3n) is 5.08. The van der Waals surface area contributed by atoms with Gasteiger partial charge in [0.15, 0.2) is 0 Å². The van der Waals surface area contributed by atoms with Gasteiger partial charge in [-0.25, -0.2) is 9.37 Å². The second kappa shape index (κ2) is 7.32. The molecule has 3 aromatic rings. The van der Waals surface area contributed by atoms with Crippen LogP contribution in [0.15, 0.2) is 54.6 Å². The summed E-state index contributed by atoms with van der Waals surface area (Å²) in [7, 11) is 0. The molecule has 2 heterocycles. The number of nitrogens with zero attached hydrogens (tertiary/aromatic N) is 2. The topological polar surface area (TPSA) is 25.4 Å². The first-order chi connectivity index (χ1) is 12.7. The molecule has 1 aliphatic heterocycles. The number of fused-ring (bicyclic) bond motifs is 1. The summed E-state index contributed by atoms with van der Waals surface area (Å²) in [5.41, 5.74) is 1.82. The predicted molar refractivity (Wildman–Crippen MR) is 103 cm³/mol. The molecular formula is C22H23FN2O. The molecule has 4 heteroatoms. The Morgan fingerprint density at radius 3 is 2.58 bits per heavy atom. The molecule has 1 aliphatic rings. The highest BCUT2D eigenvalue weighted by atomic mass is 19.1. The maximum Gasteiger partial charge on any atom is 0.146 e. The molecule has 4 rings (SSSR count). The van der Waals surface area contributed by atoms with Gasteiger partial charge in [0.1, 0.15) is 29.5 Å². The van der Waals surface area contributed by atoms with Gasteiger partial charge in [-0.15, -0.1) is 0 Å². The van der Waals surface area contributed by atoms with Gasteiger partial charge in [-0.05, 0) is 54.7 Å². The van der Waals surface area contributed by atoms with Crippen LogP contribution in [-0.4, -0.2) is 18.1 Å². The summed E-state index contributed by atoms with van der Waals surface area (Å²) in [6.45, 7) is 4.82. The number of para-hydroxylation sites is 1. The molecule has 1 fully saturated rings. The van der Waals surface area contributed by atoms with Crippen molar-refractivity contribution in [1.29, 1.82) is 0 Å². The minimum absolute atomic E-state index is 0.235. The van der Waals surface area contributed by atoms with Crippen LogP contribution in [0.4, 0.5) is 10.2 Å². The molecule has 134 valence electrons. The van der Waals surface area contributed by atoms with Gasteiger partial charge in [-0.2, -0.15) is 0 Å². The van der Waals surface area contributed by atoms with E-state index >= 15 is 0 Å². The minimum Gasteiger partial charge on any atom is -0.487 e. The van der Waals surface area contributed by atoms with Crippen molar-refractivity contribution in [3.05, 3.63) is 66.0 Å². The quantitative estimate of drug-likeness (QED) is 0.647.